The molecule has 0 unspecified atom stereocenters. The lowest BCUT2D eigenvalue weighted by atomic mass is 9.88. The van der Waals surface area contributed by atoms with E-state index < -0.39 is 0 Å². The third kappa shape index (κ3) is 4.74. The molecule has 0 atom stereocenters. The summed E-state index contributed by atoms with van der Waals surface area (Å²) < 4.78 is 5.03. The van der Waals surface area contributed by atoms with E-state index in [0.717, 1.165) is 16.9 Å². The molecule has 0 saturated carbocycles. The fourth-order valence-electron chi connectivity index (χ4n) is 6.83. The van der Waals surface area contributed by atoms with Crippen LogP contribution in [-0.4, -0.2) is 9.55 Å². The van der Waals surface area contributed by atoms with Gasteiger partial charge in [-0.1, -0.05) is 125 Å². The molecule has 0 aliphatic rings. The van der Waals surface area contributed by atoms with Crippen LogP contribution in [0.2, 0.25) is 0 Å². The Morgan fingerprint density at radius 3 is 1.85 bits per heavy atom. The molecule has 8 aromatic rings. The molecule has 0 aliphatic heterocycles. The number of imidazole rings is 1. The van der Waals surface area contributed by atoms with Crippen molar-refractivity contribution in [1.29, 1.82) is 0 Å². The standard InChI is InChI=1S/C43H36N2S/c1-27(2)36-24-32(30-16-9-6-10-17-30)25-37(28(3)4)41(36)45-39-21-12-11-20-38(39)44-43(45)35-19-13-18-34-33-23-22-31(26-40(33)46-42(34)35)29-14-7-5-8-15-29/h5-28H,1-4H3. The largest absolute Gasteiger partial charge is 0.292 e. The Balaban J connectivity index is 1.42. The van der Waals surface area contributed by atoms with Crippen LogP contribution in [0.15, 0.2) is 133 Å². The van der Waals surface area contributed by atoms with Crippen LogP contribution in [0.1, 0.15) is 50.7 Å². The van der Waals surface area contributed by atoms with E-state index in [-0.39, 0.29) is 0 Å². The minimum atomic E-state index is 0.321. The molecule has 0 N–H and O–H groups in total. The van der Waals surface area contributed by atoms with Gasteiger partial charge in [0.15, 0.2) is 0 Å². The summed E-state index contributed by atoms with van der Waals surface area (Å²) in [6.07, 6.45) is 0. The average Bonchev–Trinajstić information content (AvgIpc) is 3.66. The molecule has 0 fully saturated rings. The Morgan fingerprint density at radius 1 is 0.543 bits per heavy atom. The molecule has 6 aromatic carbocycles. The molecule has 224 valence electrons. The normalized spacial score (nSPS) is 11.9. The van der Waals surface area contributed by atoms with Crippen molar-refractivity contribution in [3.8, 4) is 39.3 Å². The molecule has 0 bridgehead atoms. The van der Waals surface area contributed by atoms with Crippen LogP contribution in [0.4, 0.5) is 0 Å². The van der Waals surface area contributed by atoms with Gasteiger partial charge >= 0.3 is 0 Å². The third-order valence-corrected chi connectivity index (χ3v) is 10.4. The number of fused-ring (bicyclic) bond motifs is 4. The molecule has 0 saturated heterocycles. The molecule has 46 heavy (non-hydrogen) atoms. The molecular weight excluding hydrogens is 577 g/mol. The van der Waals surface area contributed by atoms with Gasteiger partial charge in [-0.05, 0) is 81.6 Å². The quantitative estimate of drug-likeness (QED) is 0.183. The van der Waals surface area contributed by atoms with Crippen molar-refractivity contribution < 1.29 is 0 Å². The number of rotatable bonds is 6. The molecule has 3 heteroatoms. The monoisotopic (exact) mass is 612 g/mol. The molecule has 2 nitrogen and oxygen atoms in total. The summed E-state index contributed by atoms with van der Waals surface area (Å²) in [6, 6.07) is 48.5. The number of benzene rings is 6. The summed E-state index contributed by atoms with van der Waals surface area (Å²) in [5.74, 6) is 1.64. The van der Waals surface area contributed by atoms with E-state index in [1.165, 1.54) is 64.8 Å². The zero-order valence-electron chi connectivity index (χ0n) is 26.7. The van der Waals surface area contributed by atoms with Gasteiger partial charge < -0.3 is 0 Å². The number of para-hydroxylation sites is 2. The summed E-state index contributed by atoms with van der Waals surface area (Å²) >= 11 is 1.87. The van der Waals surface area contributed by atoms with Crippen LogP contribution in [-0.2, 0) is 0 Å². The Morgan fingerprint density at radius 2 is 1.17 bits per heavy atom. The number of hydrogen-bond donors (Lipinski definition) is 0. The Labute approximate surface area is 274 Å². The van der Waals surface area contributed by atoms with E-state index in [0.29, 0.717) is 11.8 Å². The molecular formula is C43H36N2S. The molecule has 0 radical (unpaired) electrons. The minimum absolute atomic E-state index is 0.321. The van der Waals surface area contributed by atoms with Crippen molar-refractivity contribution in [2.75, 3.05) is 0 Å². The maximum Gasteiger partial charge on any atom is 0.147 e. The van der Waals surface area contributed by atoms with Crippen molar-refractivity contribution in [2.24, 2.45) is 0 Å². The second kappa shape index (κ2) is 11.4. The maximum absolute atomic E-state index is 5.40. The average molecular weight is 613 g/mol. The fraction of sp³-hybridized carbons (Fsp3) is 0.140. The highest BCUT2D eigenvalue weighted by molar-refractivity contribution is 7.26. The molecule has 0 amide bonds. The third-order valence-electron chi connectivity index (χ3n) is 9.15. The van der Waals surface area contributed by atoms with E-state index in [4.69, 9.17) is 4.98 Å². The van der Waals surface area contributed by atoms with E-state index in [2.05, 4.69) is 166 Å². The van der Waals surface area contributed by atoms with Crippen molar-refractivity contribution >= 4 is 42.5 Å². The van der Waals surface area contributed by atoms with Crippen molar-refractivity contribution in [3.05, 3.63) is 145 Å². The molecule has 2 aromatic heterocycles. The molecule has 0 aliphatic carbocycles. The topological polar surface area (TPSA) is 17.8 Å². The van der Waals surface area contributed by atoms with Gasteiger partial charge in [-0.3, -0.25) is 4.57 Å². The van der Waals surface area contributed by atoms with Crippen LogP contribution >= 0.6 is 11.3 Å². The minimum Gasteiger partial charge on any atom is -0.292 e. The SMILES string of the molecule is CC(C)c1cc(-c2ccccc2)cc(C(C)C)c1-n1c(-c2cccc3c2sc2cc(-c4ccccc4)ccc23)nc2ccccc21. The summed E-state index contributed by atoms with van der Waals surface area (Å²) in [5.41, 5.74) is 12.3. The predicted molar refractivity (Wildman–Crippen MR) is 198 cm³/mol. The fourth-order valence-corrected chi connectivity index (χ4v) is 8.08. The summed E-state index contributed by atoms with van der Waals surface area (Å²) in [7, 11) is 0. The van der Waals surface area contributed by atoms with Gasteiger partial charge in [0.25, 0.3) is 0 Å². The van der Waals surface area contributed by atoms with Gasteiger partial charge in [0, 0.05) is 25.7 Å². The zero-order valence-corrected chi connectivity index (χ0v) is 27.5. The maximum atomic E-state index is 5.40. The first kappa shape index (κ1) is 28.5. The van der Waals surface area contributed by atoms with E-state index in [1.807, 2.05) is 11.3 Å². The highest BCUT2D eigenvalue weighted by Gasteiger charge is 2.25. The molecule has 2 heterocycles. The van der Waals surface area contributed by atoms with Crippen molar-refractivity contribution in [3.63, 3.8) is 0 Å². The first-order chi connectivity index (χ1) is 22.5. The summed E-state index contributed by atoms with van der Waals surface area (Å²) in [4.78, 5) is 5.40. The number of nitrogens with zero attached hydrogens (tertiary/aromatic N) is 2. The van der Waals surface area contributed by atoms with E-state index in [1.54, 1.807) is 0 Å². The number of thiophene rings is 1. The first-order valence-electron chi connectivity index (χ1n) is 16.2. The second-order valence-corrected chi connectivity index (χ2v) is 13.9. The van der Waals surface area contributed by atoms with Crippen molar-refractivity contribution in [2.45, 2.75) is 39.5 Å². The summed E-state index contributed by atoms with van der Waals surface area (Å²) in [5, 5.41) is 2.57. The lowest BCUT2D eigenvalue weighted by Crippen LogP contribution is -2.09. The number of hydrogen-bond acceptors (Lipinski definition) is 2. The van der Waals surface area contributed by atoms with Gasteiger partial charge in [0.1, 0.15) is 5.82 Å². The lowest BCUT2D eigenvalue weighted by Gasteiger charge is -2.24. The second-order valence-electron chi connectivity index (χ2n) is 12.8. The van der Waals surface area contributed by atoms with E-state index in [9.17, 15) is 0 Å². The molecule has 8 rings (SSSR count). The van der Waals surface area contributed by atoms with E-state index >= 15 is 0 Å². The van der Waals surface area contributed by atoms with Crippen LogP contribution in [0.3, 0.4) is 0 Å². The van der Waals surface area contributed by atoms with Gasteiger partial charge in [0.05, 0.1) is 16.7 Å². The molecule has 0 spiro atoms. The van der Waals surface area contributed by atoms with Gasteiger partial charge in [-0.15, -0.1) is 11.3 Å². The highest BCUT2D eigenvalue weighted by atomic mass is 32.1. The van der Waals surface area contributed by atoms with Crippen LogP contribution in [0.5, 0.6) is 0 Å². The lowest BCUT2D eigenvalue weighted by molar-refractivity contribution is 0.812. The van der Waals surface area contributed by atoms with Crippen LogP contribution in [0, 0.1) is 0 Å². The number of aromatic nitrogens is 2. The summed E-state index contributed by atoms with van der Waals surface area (Å²) in [6.45, 7) is 9.25. The van der Waals surface area contributed by atoms with Crippen LogP contribution in [0.25, 0.3) is 70.5 Å². The Hall–Kier alpha value is -4.99. The van der Waals surface area contributed by atoms with Gasteiger partial charge in [-0.2, -0.15) is 0 Å². The van der Waals surface area contributed by atoms with Crippen LogP contribution < -0.4 is 0 Å². The predicted octanol–water partition coefficient (Wildman–Crippen LogP) is 12.6. The highest BCUT2D eigenvalue weighted by Crippen LogP contribution is 2.44. The first-order valence-corrected chi connectivity index (χ1v) is 17.0. The van der Waals surface area contributed by atoms with Gasteiger partial charge in [-0.25, -0.2) is 4.98 Å². The Kier molecular flexibility index (Phi) is 7.07. The smallest absolute Gasteiger partial charge is 0.147 e. The van der Waals surface area contributed by atoms with Crippen molar-refractivity contribution in [1.82, 2.24) is 9.55 Å². The zero-order chi connectivity index (χ0) is 31.4. The Bertz CT molecular complexity index is 2330. The van der Waals surface area contributed by atoms with Gasteiger partial charge in [0.2, 0.25) is 0 Å².